The van der Waals surface area contributed by atoms with Crippen LogP contribution >= 0.6 is 11.6 Å². The van der Waals surface area contributed by atoms with Crippen molar-refractivity contribution < 1.29 is 4.92 Å². The van der Waals surface area contributed by atoms with Crippen molar-refractivity contribution in [2.75, 3.05) is 5.32 Å². The molecule has 2 aliphatic rings. The summed E-state index contributed by atoms with van der Waals surface area (Å²) in [5, 5.41) is 15.4. The number of nitrogens with zero attached hydrogens (tertiary/aromatic N) is 2. The maximum Gasteiger partial charge on any atom is 0.275 e. The van der Waals surface area contributed by atoms with Gasteiger partial charge in [-0.15, -0.1) is 0 Å². The third kappa shape index (κ3) is 2.19. The summed E-state index contributed by atoms with van der Waals surface area (Å²) in [7, 11) is 0. The van der Waals surface area contributed by atoms with Crippen molar-refractivity contribution in [2.24, 2.45) is 5.92 Å². The van der Waals surface area contributed by atoms with E-state index in [2.05, 4.69) is 22.5 Å². The lowest BCUT2D eigenvalue weighted by Crippen LogP contribution is -2.29. The maximum absolute atomic E-state index is 11.4. The Morgan fingerprint density at radius 3 is 2.96 bits per heavy atom. The fourth-order valence-electron chi connectivity index (χ4n) is 3.70. The summed E-state index contributed by atoms with van der Waals surface area (Å²) >= 11 is 6.34. The van der Waals surface area contributed by atoms with E-state index in [0.717, 1.165) is 12.0 Å². The number of benzene rings is 1. The van der Waals surface area contributed by atoms with Crippen molar-refractivity contribution in [2.45, 2.75) is 18.4 Å². The molecule has 3 atom stereocenters. The van der Waals surface area contributed by atoms with E-state index in [4.69, 9.17) is 11.6 Å². The number of hydrogen-bond donors (Lipinski definition) is 1. The largest absolute Gasteiger partial charge is 0.376 e. The van der Waals surface area contributed by atoms with Gasteiger partial charge in [0.15, 0.2) is 0 Å². The first-order chi connectivity index (χ1) is 11.2. The molecule has 1 N–H and O–H groups in total. The minimum absolute atomic E-state index is 0.00411. The van der Waals surface area contributed by atoms with Gasteiger partial charge in [0.05, 0.1) is 27.2 Å². The second kappa shape index (κ2) is 5.35. The SMILES string of the molecule is O=[N+]([O-])c1ccc(Cl)c2c1[C@@H]1C=CC[C@@H]1[C@@H](c1cccnc1)N2. The molecular formula is C17H14ClN3O2. The van der Waals surface area contributed by atoms with Crippen LogP contribution in [0.1, 0.15) is 29.5 Å². The summed E-state index contributed by atoms with van der Waals surface area (Å²) in [6, 6.07) is 7.05. The minimum Gasteiger partial charge on any atom is -0.376 e. The Labute approximate surface area is 138 Å². The van der Waals surface area contributed by atoms with Crippen LogP contribution in [0.15, 0.2) is 48.8 Å². The molecule has 2 heterocycles. The Balaban J connectivity index is 1.89. The molecule has 0 unspecified atom stereocenters. The van der Waals surface area contributed by atoms with Gasteiger partial charge in [0.2, 0.25) is 0 Å². The van der Waals surface area contributed by atoms with E-state index >= 15 is 0 Å². The van der Waals surface area contributed by atoms with E-state index in [0.29, 0.717) is 16.3 Å². The lowest BCUT2D eigenvalue weighted by molar-refractivity contribution is -0.385. The molecule has 23 heavy (non-hydrogen) atoms. The molecule has 0 amide bonds. The second-order valence-electron chi connectivity index (χ2n) is 5.87. The number of allylic oxidation sites excluding steroid dienone is 2. The predicted molar refractivity (Wildman–Crippen MR) is 88.7 cm³/mol. The van der Waals surface area contributed by atoms with Crippen LogP contribution in [-0.4, -0.2) is 9.91 Å². The Bertz CT molecular complexity index is 807. The minimum atomic E-state index is -0.329. The van der Waals surface area contributed by atoms with Crippen LogP contribution in [0.3, 0.4) is 0 Å². The summed E-state index contributed by atoms with van der Waals surface area (Å²) in [6.07, 6.45) is 8.61. The number of pyridine rings is 1. The number of nitro benzene ring substituents is 1. The first-order valence-corrected chi connectivity index (χ1v) is 7.84. The molecule has 0 fully saturated rings. The predicted octanol–water partition coefficient (Wildman–Crippen LogP) is 4.47. The summed E-state index contributed by atoms with van der Waals surface area (Å²) in [5.41, 5.74) is 2.56. The number of nitrogens with one attached hydrogen (secondary N) is 1. The summed E-state index contributed by atoms with van der Waals surface area (Å²) in [4.78, 5) is 15.3. The van der Waals surface area contributed by atoms with Gasteiger partial charge in [0.1, 0.15) is 0 Å². The molecular weight excluding hydrogens is 314 g/mol. The van der Waals surface area contributed by atoms with Gasteiger partial charge in [-0.05, 0) is 30.0 Å². The molecule has 1 aliphatic heterocycles. The van der Waals surface area contributed by atoms with Crippen LogP contribution in [-0.2, 0) is 0 Å². The molecule has 0 spiro atoms. The molecule has 1 aromatic heterocycles. The Hall–Kier alpha value is -2.40. The van der Waals surface area contributed by atoms with Gasteiger partial charge in [0, 0.05) is 24.4 Å². The number of aromatic nitrogens is 1. The molecule has 0 radical (unpaired) electrons. The van der Waals surface area contributed by atoms with Crippen molar-refractivity contribution in [3.63, 3.8) is 0 Å². The van der Waals surface area contributed by atoms with E-state index in [9.17, 15) is 10.1 Å². The average molecular weight is 328 g/mol. The number of halogens is 1. The number of rotatable bonds is 2. The highest BCUT2D eigenvalue weighted by Gasteiger charge is 2.42. The van der Waals surface area contributed by atoms with E-state index in [1.807, 2.05) is 18.3 Å². The third-order valence-corrected chi connectivity index (χ3v) is 5.00. The molecule has 0 saturated heterocycles. The first kappa shape index (κ1) is 14.2. The van der Waals surface area contributed by atoms with Gasteiger partial charge in [-0.3, -0.25) is 15.1 Å². The zero-order valence-corrected chi connectivity index (χ0v) is 12.9. The zero-order valence-electron chi connectivity index (χ0n) is 12.1. The zero-order chi connectivity index (χ0) is 16.0. The first-order valence-electron chi connectivity index (χ1n) is 7.46. The van der Waals surface area contributed by atoms with Crippen LogP contribution < -0.4 is 5.32 Å². The normalized spacial score (nSPS) is 24.7. The van der Waals surface area contributed by atoms with Crippen molar-refractivity contribution in [3.8, 4) is 0 Å². The molecule has 1 aliphatic carbocycles. The Morgan fingerprint density at radius 1 is 1.35 bits per heavy atom. The van der Waals surface area contributed by atoms with Crippen LogP contribution in [0, 0.1) is 16.0 Å². The number of nitro groups is 1. The third-order valence-electron chi connectivity index (χ3n) is 4.69. The van der Waals surface area contributed by atoms with Crippen molar-refractivity contribution >= 4 is 23.0 Å². The lowest BCUT2D eigenvalue weighted by atomic mass is 9.76. The smallest absolute Gasteiger partial charge is 0.275 e. The molecule has 4 rings (SSSR count). The molecule has 6 heteroatoms. The van der Waals surface area contributed by atoms with E-state index in [-0.39, 0.29) is 28.5 Å². The van der Waals surface area contributed by atoms with Gasteiger partial charge in [-0.25, -0.2) is 0 Å². The van der Waals surface area contributed by atoms with Crippen LogP contribution in [0.25, 0.3) is 0 Å². The molecule has 2 aromatic rings. The Kier molecular flexibility index (Phi) is 3.31. The highest BCUT2D eigenvalue weighted by molar-refractivity contribution is 6.33. The highest BCUT2D eigenvalue weighted by Crippen LogP contribution is 2.54. The molecule has 116 valence electrons. The number of fused-ring (bicyclic) bond motifs is 3. The highest BCUT2D eigenvalue weighted by atomic mass is 35.5. The summed E-state index contributed by atoms with van der Waals surface area (Å²) in [6.45, 7) is 0. The molecule has 0 bridgehead atoms. The van der Waals surface area contributed by atoms with Crippen LogP contribution in [0.2, 0.25) is 5.02 Å². The molecule has 0 saturated carbocycles. The fraction of sp³-hybridized carbons (Fsp3) is 0.235. The topological polar surface area (TPSA) is 68.1 Å². The number of hydrogen-bond acceptors (Lipinski definition) is 4. The molecule has 1 aromatic carbocycles. The standard InChI is InChI=1S/C17H14ClN3O2/c18-13-6-7-14(21(22)23)15-11-4-1-5-12(11)16(20-17(13)15)10-3-2-8-19-9-10/h1-4,6-9,11-12,16,20H,5H2/t11-,12+,16-/m1/s1. The number of anilines is 1. The second-order valence-corrected chi connectivity index (χ2v) is 6.28. The monoisotopic (exact) mass is 327 g/mol. The summed E-state index contributed by atoms with van der Waals surface area (Å²) in [5.74, 6) is 0.222. The van der Waals surface area contributed by atoms with Crippen molar-refractivity contribution in [1.82, 2.24) is 4.98 Å². The Morgan fingerprint density at radius 2 is 2.22 bits per heavy atom. The average Bonchev–Trinajstić information content (AvgIpc) is 3.05. The molecule has 5 nitrogen and oxygen atoms in total. The van der Waals surface area contributed by atoms with Gasteiger partial charge in [-0.1, -0.05) is 29.8 Å². The van der Waals surface area contributed by atoms with E-state index < -0.39 is 0 Å². The van der Waals surface area contributed by atoms with Crippen LogP contribution in [0.4, 0.5) is 11.4 Å². The van der Waals surface area contributed by atoms with Gasteiger partial charge in [-0.2, -0.15) is 0 Å². The lowest BCUT2D eigenvalue weighted by Gasteiger charge is -2.37. The van der Waals surface area contributed by atoms with Gasteiger partial charge < -0.3 is 5.32 Å². The van der Waals surface area contributed by atoms with Gasteiger partial charge >= 0.3 is 0 Å². The quantitative estimate of drug-likeness (QED) is 0.502. The van der Waals surface area contributed by atoms with Gasteiger partial charge in [0.25, 0.3) is 5.69 Å². The van der Waals surface area contributed by atoms with Crippen molar-refractivity contribution in [1.29, 1.82) is 0 Å². The van der Waals surface area contributed by atoms with Crippen molar-refractivity contribution in [3.05, 3.63) is 75.1 Å². The maximum atomic E-state index is 11.4. The fourth-order valence-corrected chi connectivity index (χ4v) is 3.92. The summed E-state index contributed by atoms with van der Waals surface area (Å²) < 4.78 is 0. The van der Waals surface area contributed by atoms with E-state index in [1.165, 1.54) is 6.07 Å². The van der Waals surface area contributed by atoms with Crippen LogP contribution in [0.5, 0.6) is 0 Å². The van der Waals surface area contributed by atoms with E-state index in [1.54, 1.807) is 12.3 Å².